The molecular formula is C12H12BrNO. The van der Waals surface area contributed by atoms with Gasteiger partial charge in [-0.05, 0) is 24.1 Å². The highest BCUT2D eigenvalue weighted by atomic mass is 79.9. The Bertz CT molecular complexity index is 502. The number of hydrogen-bond acceptors (Lipinski definition) is 1. The standard InChI is InChI=1S/C12H12BrNO/c1-3-4-8-7-14-12-10(8)5-9(13)6-11(12)15-2/h3,5-7,14H,1,4H2,2H3. The molecule has 0 unspecified atom stereocenters. The minimum atomic E-state index is 0.856. The first-order valence-corrected chi connectivity index (χ1v) is 5.50. The van der Waals surface area contributed by atoms with Crippen molar-refractivity contribution < 1.29 is 4.74 Å². The van der Waals surface area contributed by atoms with Gasteiger partial charge in [0.1, 0.15) is 5.75 Å². The average molecular weight is 266 g/mol. The fraction of sp³-hybridized carbons (Fsp3) is 0.167. The lowest BCUT2D eigenvalue weighted by Crippen LogP contribution is -1.85. The molecule has 2 aromatic rings. The van der Waals surface area contributed by atoms with Crippen molar-refractivity contribution >= 4 is 26.8 Å². The minimum Gasteiger partial charge on any atom is -0.495 e. The van der Waals surface area contributed by atoms with E-state index in [-0.39, 0.29) is 0 Å². The van der Waals surface area contributed by atoms with E-state index in [1.54, 1.807) is 7.11 Å². The number of nitrogens with one attached hydrogen (secondary N) is 1. The zero-order valence-electron chi connectivity index (χ0n) is 8.51. The van der Waals surface area contributed by atoms with Crippen LogP contribution < -0.4 is 4.74 Å². The second-order valence-electron chi connectivity index (χ2n) is 3.34. The molecule has 78 valence electrons. The molecule has 1 N–H and O–H groups in total. The summed E-state index contributed by atoms with van der Waals surface area (Å²) in [5.74, 6) is 0.856. The predicted molar refractivity (Wildman–Crippen MR) is 66.5 cm³/mol. The number of hydrogen-bond donors (Lipinski definition) is 1. The van der Waals surface area contributed by atoms with Gasteiger partial charge in [-0.25, -0.2) is 0 Å². The van der Waals surface area contributed by atoms with Crippen molar-refractivity contribution in [1.82, 2.24) is 4.98 Å². The Morgan fingerprint density at radius 3 is 3.00 bits per heavy atom. The zero-order valence-corrected chi connectivity index (χ0v) is 10.1. The van der Waals surface area contributed by atoms with E-state index in [1.165, 1.54) is 10.9 Å². The number of H-pyrrole nitrogens is 1. The number of allylic oxidation sites excluding steroid dienone is 1. The first-order chi connectivity index (χ1) is 7.26. The Kier molecular flexibility index (Phi) is 2.82. The molecule has 0 radical (unpaired) electrons. The van der Waals surface area contributed by atoms with Gasteiger partial charge >= 0.3 is 0 Å². The Labute approximate surface area is 97.1 Å². The summed E-state index contributed by atoms with van der Waals surface area (Å²) in [6.07, 6.45) is 4.76. The molecule has 0 bridgehead atoms. The largest absolute Gasteiger partial charge is 0.495 e. The van der Waals surface area contributed by atoms with Crippen molar-refractivity contribution in [2.75, 3.05) is 7.11 Å². The topological polar surface area (TPSA) is 25.0 Å². The van der Waals surface area contributed by atoms with Gasteiger partial charge in [0, 0.05) is 16.1 Å². The molecule has 0 aliphatic carbocycles. The van der Waals surface area contributed by atoms with Crippen molar-refractivity contribution in [3.05, 3.63) is 41.0 Å². The number of aromatic nitrogens is 1. The highest BCUT2D eigenvalue weighted by molar-refractivity contribution is 9.10. The molecule has 0 saturated carbocycles. The zero-order chi connectivity index (χ0) is 10.8. The summed E-state index contributed by atoms with van der Waals surface area (Å²) < 4.78 is 6.34. The maximum absolute atomic E-state index is 5.31. The maximum atomic E-state index is 5.31. The van der Waals surface area contributed by atoms with Crippen molar-refractivity contribution in [2.24, 2.45) is 0 Å². The summed E-state index contributed by atoms with van der Waals surface area (Å²) in [5, 5.41) is 1.18. The second-order valence-corrected chi connectivity index (χ2v) is 4.25. The van der Waals surface area contributed by atoms with E-state index in [0.717, 1.165) is 22.2 Å². The lowest BCUT2D eigenvalue weighted by Gasteiger charge is -2.03. The number of aromatic amines is 1. The summed E-state index contributed by atoms with van der Waals surface area (Å²) in [5.41, 5.74) is 2.28. The number of halogens is 1. The number of benzene rings is 1. The van der Waals surface area contributed by atoms with E-state index < -0.39 is 0 Å². The van der Waals surface area contributed by atoms with Crippen LogP contribution in [0.1, 0.15) is 5.56 Å². The molecule has 0 atom stereocenters. The first-order valence-electron chi connectivity index (χ1n) is 4.70. The van der Waals surface area contributed by atoms with E-state index >= 15 is 0 Å². The fourth-order valence-corrected chi connectivity index (χ4v) is 2.14. The highest BCUT2D eigenvalue weighted by Gasteiger charge is 2.08. The minimum absolute atomic E-state index is 0.856. The molecule has 0 spiro atoms. The van der Waals surface area contributed by atoms with Crippen molar-refractivity contribution in [3.8, 4) is 5.75 Å². The van der Waals surface area contributed by atoms with E-state index in [1.807, 2.05) is 18.3 Å². The Morgan fingerprint density at radius 2 is 2.33 bits per heavy atom. The van der Waals surface area contributed by atoms with Gasteiger partial charge in [0.05, 0.1) is 12.6 Å². The predicted octanol–water partition coefficient (Wildman–Crippen LogP) is 3.67. The van der Waals surface area contributed by atoms with Gasteiger partial charge < -0.3 is 9.72 Å². The van der Waals surface area contributed by atoms with E-state index in [2.05, 4.69) is 33.6 Å². The van der Waals surface area contributed by atoms with Crippen LogP contribution in [0.15, 0.2) is 35.5 Å². The van der Waals surface area contributed by atoms with Gasteiger partial charge in [0.2, 0.25) is 0 Å². The molecular weight excluding hydrogens is 254 g/mol. The van der Waals surface area contributed by atoms with Crippen LogP contribution in [0.2, 0.25) is 0 Å². The van der Waals surface area contributed by atoms with Crippen LogP contribution in [0.4, 0.5) is 0 Å². The van der Waals surface area contributed by atoms with Crippen molar-refractivity contribution in [2.45, 2.75) is 6.42 Å². The molecule has 1 aromatic heterocycles. The van der Waals surface area contributed by atoms with Crippen LogP contribution in [0.25, 0.3) is 10.9 Å². The number of ether oxygens (including phenoxy) is 1. The monoisotopic (exact) mass is 265 g/mol. The molecule has 0 fully saturated rings. The third-order valence-electron chi connectivity index (χ3n) is 2.39. The molecule has 0 saturated heterocycles. The number of rotatable bonds is 3. The van der Waals surface area contributed by atoms with E-state index in [9.17, 15) is 0 Å². The van der Waals surface area contributed by atoms with Gasteiger partial charge in [-0.3, -0.25) is 0 Å². The fourth-order valence-electron chi connectivity index (χ4n) is 1.71. The molecule has 0 amide bonds. The average Bonchev–Trinajstić information content (AvgIpc) is 2.61. The van der Waals surface area contributed by atoms with Crippen LogP contribution in [0.5, 0.6) is 5.75 Å². The lowest BCUT2D eigenvalue weighted by atomic mass is 10.1. The molecule has 0 aliphatic rings. The quantitative estimate of drug-likeness (QED) is 0.842. The summed E-state index contributed by atoms with van der Waals surface area (Å²) in [4.78, 5) is 3.23. The SMILES string of the molecule is C=CCc1c[nH]c2c(OC)cc(Br)cc12. The summed E-state index contributed by atoms with van der Waals surface area (Å²) in [6.45, 7) is 3.75. The molecule has 2 rings (SSSR count). The third-order valence-corrected chi connectivity index (χ3v) is 2.85. The van der Waals surface area contributed by atoms with Crippen LogP contribution in [-0.4, -0.2) is 12.1 Å². The third kappa shape index (κ3) is 1.79. The number of fused-ring (bicyclic) bond motifs is 1. The molecule has 1 aromatic carbocycles. The van der Waals surface area contributed by atoms with Gasteiger partial charge in [-0.15, -0.1) is 6.58 Å². The Balaban J connectivity index is 2.69. The molecule has 2 nitrogen and oxygen atoms in total. The Hall–Kier alpha value is -1.22. The molecule has 1 heterocycles. The molecule has 0 aliphatic heterocycles. The Morgan fingerprint density at radius 1 is 1.53 bits per heavy atom. The normalized spacial score (nSPS) is 10.5. The maximum Gasteiger partial charge on any atom is 0.144 e. The van der Waals surface area contributed by atoms with Crippen LogP contribution in [-0.2, 0) is 6.42 Å². The number of methoxy groups -OCH3 is 1. The van der Waals surface area contributed by atoms with Crippen molar-refractivity contribution in [3.63, 3.8) is 0 Å². The molecule has 3 heteroatoms. The second kappa shape index (κ2) is 4.11. The summed E-state index contributed by atoms with van der Waals surface area (Å²) in [7, 11) is 1.68. The van der Waals surface area contributed by atoms with Crippen LogP contribution in [0.3, 0.4) is 0 Å². The van der Waals surface area contributed by atoms with E-state index in [4.69, 9.17) is 4.74 Å². The van der Waals surface area contributed by atoms with Crippen molar-refractivity contribution in [1.29, 1.82) is 0 Å². The van der Waals surface area contributed by atoms with Crippen LogP contribution >= 0.6 is 15.9 Å². The summed E-state index contributed by atoms with van der Waals surface area (Å²) in [6, 6.07) is 4.05. The van der Waals surface area contributed by atoms with Crippen LogP contribution in [0, 0.1) is 0 Å². The van der Waals surface area contributed by atoms with Gasteiger partial charge in [-0.2, -0.15) is 0 Å². The molecule has 15 heavy (non-hydrogen) atoms. The smallest absolute Gasteiger partial charge is 0.144 e. The first kappa shape index (κ1) is 10.3. The van der Waals surface area contributed by atoms with E-state index in [0.29, 0.717) is 0 Å². The highest BCUT2D eigenvalue weighted by Crippen LogP contribution is 2.31. The summed E-state index contributed by atoms with van der Waals surface area (Å²) >= 11 is 3.47. The lowest BCUT2D eigenvalue weighted by molar-refractivity contribution is 0.419. The van der Waals surface area contributed by atoms with Gasteiger partial charge in [0.25, 0.3) is 0 Å². The van der Waals surface area contributed by atoms with Gasteiger partial charge in [-0.1, -0.05) is 22.0 Å². The van der Waals surface area contributed by atoms with Gasteiger partial charge in [0.15, 0.2) is 0 Å².